The van der Waals surface area contributed by atoms with Crippen LogP contribution < -0.4 is 16.0 Å². The van der Waals surface area contributed by atoms with Crippen LogP contribution in [-0.4, -0.2) is 22.3 Å². The van der Waals surface area contributed by atoms with Crippen molar-refractivity contribution >= 4 is 16.8 Å². The van der Waals surface area contributed by atoms with Crippen molar-refractivity contribution in [1.29, 1.82) is 0 Å². The highest BCUT2D eigenvalue weighted by molar-refractivity contribution is 5.85. The van der Waals surface area contributed by atoms with Crippen molar-refractivity contribution in [3.8, 4) is 6.01 Å². The van der Waals surface area contributed by atoms with E-state index in [2.05, 4.69) is 15.1 Å². The van der Waals surface area contributed by atoms with Crippen LogP contribution in [0.2, 0.25) is 0 Å². The Morgan fingerprint density at radius 1 is 1.27 bits per heavy atom. The first-order valence-electron chi connectivity index (χ1n) is 10.1. The Morgan fingerprint density at radius 3 is 2.90 bits per heavy atom. The molecule has 8 heteroatoms. The third kappa shape index (κ3) is 4.49. The fraction of sp³-hybridized carbons (Fsp3) is 0.364. The number of aryl methyl sites for hydroxylation is 1. The van der Waals surface area contributed by atoms with Crippen LogP contribution in [0.4, 0.5) is 0 Å². The maximum Gasteiger partial charge on any atom is 0.337 e. The number of oxime groups is 1. The van der Waals surface area contributed by atoms with Gasteiger partial charge in [-0.1, -0.05) is 48.8 Å². The van der Waals surface area contributed by atoms with Crippen LogP contribution >= 0.6 is 0 Å². The molecule has 0 aliphatic carbocycles. The molecular weight excluding hydrogens is 386 g/mol. The van der Waals surface area contributed by atoms with Gasteiger partial charge in [-0.25, -0.2) is 4.79 Å². The van der Waals surface area contributed by atoms with E-state index in [4.69, 9.17) is 14.0 Å². The molecule has 30 heavy (non-hydrogen) atoms. The predicted molar refractivity (Wildman–Crippen MR) is 112 cm³/mol. The number of fused-ring (bicyclic) bond motifs is 1. The van der Waals surface area contributed by atoms with Crippen LogP contribution in [0.3, 0.4) is 0 Å². The van der Waals surface area contributed by atoms with Gasteiger partial charge in [0.15, 0.2) is 0 Å². The van der Waals surface area contributed by atoms with E-state index >= 15 is 0 Å². The lowest BCUT2D eigenvalue weighted by molar-refractivity contribution is 0.0483. The summed E-state index contributed by atoms with van der Waals surface area (Å²) >= 11 is 0. The number of hydrogen-bond donors (Lipinski definition) is 1. The molecule has 2 aromatic heterocycles. The van der Waals surface area contributed by atoms with Gasteiger partial charge < -0.3 is 14.0 Å². The zero-order valence-electron chi connectivity index (χ0n) is 16.7. The van der Waals surface area contributed by atoms with Gasteiger partial charge in [-0.15, -0.1) is 0 Å². The lowest BCUT2D eigenvalue weighted by Gasteiger charge is -2.23. The number of rotatable bonds is 6. The lowest BCUT2D eigenvalue weighted by Crippen LogP contribution is -2.21. The molecule has 1 aromatic carbocycles. The summed E-state index contributed by atoms with van der Waals surface area (Å²) in [5, 5.41) is 4.43. The smallest absolute Gasteiger partial charge is 0.337 e. The second-order valence-electron chi connectivity index (χ2n) is 7.22. The van der Waals surface area contributed by atoms with E-state index in [1.165, 1.54) is 6.07 Å². The Bertz CT molecular complexity index is 1170. The SMILES string of the molecule is CCCCc1cc(=O)oc2nc(O/N=C3\CCOC(c4ccccc4)C3)[nH]c(=O)c12. The minimum Gasteiger partial charge on any atom is -0.403 e. The lowest BCUT2D eigenvalue weighted by atomic mass is 10.0. The normalized spacial score (nSPS) is 18.0. The van der Waals surface area contributed by atoms with Crippen molar-refractivity contribution in [3.05, 3.63) is 68.3 Å². The van der Waals surface area contributed by atoms with Crippen LogP contribution in [0.1, 0.15) is 49.8 Å². The van der Waals surface area contributed by atoms with Gasteiger partial charge in [-0.05, 0) is 24.0 Å². The number of nitrogens with zero attached hydrogens (tertiary/aromatic N) is 2. The number of ether oxygens (including phenoxy) is 1. The van der Waals surface area contributed by atoms with Crippen molar-refractivity contribution in [2.24, 2.45) is 5.16 Å². The molecule has 0 saturated carbocycles. The van der Waals surface area contributed by atoms with E-state index in [9.17, 15) is 9.59 Å². The van der Waals surface area contributed by atoms with Crippen LogP contribution in [0, 0.1) is 0 Å². The molecule has 3 aromatic rings. The molecule has 1 aliphatic rings. The maximum absolute atomic E-state index is 12.6. The van der Waals surface area contributed by atoms with Crippen molar-refractivity contribution in [2.45, 2.75) is 45.1 Å². The average Bonchev–Trinajstić information content (AvgIpc) is 2.76. The first kappa shape index (κ1) is 20.0. The fourth-order valence-corrected chi connectivity index (χ4v) is 3.50. The minimum absolute atomic E-state index is 0.0401. The van der Waals surface area contributed by atoms with Crippen LogP contribution in [0.5, 0.6) is 6.01 Å². The maximum atomic E-state index is 12.6. The van der Waals surface area contributed by atoms with E-state index in [0.717, 1.165) is 24.1 Å². The number of nitrogens with one attached hydrogen (secondary N) is 1. The van der Waals surface area contributed by atoms with Gasteiger partial charge in [0.1, 0.15) is 5.39 Å². The first-order valence-corrected chi connectivity index (χ1v) is 10.1. The molecule has 8 nitrogen and oxygen atoms in total. The zero-order chi connectivity index (χ0) is 20.9. The van der Waals surface area contributed by atoms with Gasteiger partial charge >= 0.3 is 11.6 Å². The average molecular weight is 409 g/mol. The van der Waals surface area contributed by atoms with Gasteiger partial charge in [-0.3, -0.25) is 9.78 Å². The molecular formula is C22H23N3O5. The molecule has 1 atom stereocenters. The molecule has 1 N–H and O–H groups in total. The summed E-state index contributed by atoms with van der Waals surface area (Å²) in [5.74, 6) is 0. The molecule has 3 heterocycles. The molecule has 156 valence electrons. The highest BCUT2D eigenvalue weighted by Gasteiger charge is 2.21. The van der Waals surface area contributed by atoms with E-state index in [-0.39, 0.29) is 23.2 Å². The van der Waals surface area contributed by atoms with Crippen molar-refractivity contribution in [1.82, 2.24) is 9.97 Å². The topological polar surface area (TPSA) is 107 Å². The van der Waals surface area contributed by atoms with Crippen molar-refractivity contribution in [3.63, 3.8) is 0 Å². The number of aromatic amines is 1. The second-order valence-corrected chi connectivity index (χ2v) is 7.22. The van der Waals surface area contributed by atoms with E-state index in [1.807, 2.05) is 37.3 Å². The standard InChI is InChI=1S/C22H23N3O5/c1-2-3-7-15-12-18(26)29-21-19(15)20(27)23-22(24-21)30-25-16-10-11-28-17(13-16)14-8-5-4-6-9-14/h4-6,8-9,12,17H,2-3,7,10-11,13H2,1H3,(H,23,24,27)/b25-16+. The Balaban J connectivity index is 1.57. The Hall–Kier alpha value is -3.26. The molecule has 4 rings (SSSR count). The number of hydrogen-bond acceptors (Lipinski definition) is 7. The molecule has 0 spiro atoms. The minimum atomic E-state index is -0.543. The van der Waals surface area contributed by atoms with Gasteiger partial charge in [0.05, 0.1) is 18.4 Å². The number of unbranched alkanes of at least 4 members (excludes halogenated alkanes) is 1. The summed E-state index contributed by atoms with van der Waals surface area (Å²) in [6.07, 6.45) is 3.51. The largest absolute Gasteiger partial charge is 0.403 e. The molecule has 1 fully saturated rings. The summed E-state index contributed by atoms with van der Waals surface area (Å²) in [5.41, 5.74) is 1.50. The molecule has 1 saturated heterocycles. The molecule has 0 bridgehead atoms. The highest BCUT2D eigenvalue weighted by atomic mass is 16.6. The van der Waals surface area contributed by atoms with Gasteiger partial charge in [0, 0.05) is 18.9 Å². The summed E-state index contributed by atoms with van der Waals surface area (Å²) in [6, 6.07) is 11.1. The first-order chi connectivity index (χ1) is 14.6. The fourth-order valence-electron chi connectivity index (χ4n) is 3.50. The molecule has 1 aliphatic heterocycles. The number of benzene rings is 1. The number of H-pyrrole nitrogens is 1. The molecule has 1 unspecified atom stereocenters. The van der Waals surface area contributed by atoms with E-state index in [1.54, 1.807) is 0 Å². The van der Waals surface area contributed by atoms with Gasteiger partial charge in [0.25, 0.3) is 5.56 Å². The summed E-state index contributed by atoms with van der Waals surface area (Å²) < 4.78 is 11.0. The van der Waals surface area contributed by atoms with E-state index < -0.39 is 11.2 Å². The quantitative estimate of drug-likeness (QED) is 0.625. The summed E-state index contributed by atoms with van der Waals surface area (Å²) in [4.78, 5) is 36.5. The van der Waals surface area contributed by atoms with Crippen molar-refractivity contribution in [2.75, 3.05) is 6.61 Å². The van der Waals surface area contributed by atoms with Gasteiger partial charge in [-0.2, -0.15) is 4.98 Å². The summed E-state index contributed by atoms with van der Waals surface area (Å²) in [6.45, 7) is 2.57. The Morgan fingerprint density at radius 2 is 2.10 bits per heavy atom. The molecule has 0 radical (unpaired) electrons. The molecule has 0 amide bonds. The van der Waals surface area contributed by atoms with Crippen LogP contribution in [0.25, 0.3) is 11.1 Å². The highest BCUT2D eigenvalue weighted by Crippen LogP contribution is 2.26. The Labute approximate surface area is 172 Å². The monoisotopic (exact) mass is 409 g/mol. The van der Waals surface area contributed by atoms with E-state index in [0.29, 0.717) is 31.4 Å². The Kier molecular flexibility index (Phi) is 6.04. The summed E-state index contributed by atoms with van der Waals surface area (Å²) in [7, 11) is 0. The third-order valence-corrected chi connectivity index (χ3v) is 5.04. The van der Waals surface area contributed by atoms with Crippen LogP contribution in [-0.2, 0) is 11.2 Å². The number of aromatic nitrogens is 2. The second kappa shape index (κ2) is 9.04. The van der Waals surface area contributed by atoms with Crippen LogP contribution in [0.15, 0.2) is 55.6 Å². The van der Waals surface area contributed by atoms with Gasteiger partial charge in [0.2, 0.25) is 5.71 Å². The van der Waals surface area contributed by atoms with Crippen molar-refractivity contribution < 1.29 is 14.0 Å². The predicted octanol–water partition coefficient (Wildman–Crippen LogP) is 3.51. The third-order valence-electron chi connectivity index (χ3n) is 5.04. The zero-order valence-corrected chi connectivity index (χ0v) is 16.7.